The number of aryl methyl sites for hydroxylation is 1. The number of nitrogens with zero attached hydrogens (tertiary/aromatic N) is 2. The summed E-state index contributed by atoms with van der Waals surface area (Å²) in [6.07, 6.45) is 0.873. The van der Waals surface area contributed by atoms with E-state index >= 15 is 0 Å². The van der Waals surface area contributed by atoms with Gasteiger partial charge in [-0.2, -0.15) is 5.10 Å². The molecule has 0 unspecified atom stereocenters. The number of carbonyl (C=O) groups is 1. The van der Waals surface area contributed by atoms with E-state index in [-0.39, 0.29) is 21.4 Å². The van der Waals surface area contributed by atoms with E-state index in [4.69, 9.17) is 5.73 Å². The molecule has 0 saturated heterocycles. The lowest BCUT2D eigenvalue weighted by molar-refractivity contribution is 0.0991. The van der Waals surface area contributed by atoms with Crippen molar-refractivity contribution in [1.29, 1.82) is 0 Å². The highest BCUT2D eigenvalue weighted by molar-refractivity contribution is 9.10. The highest BCUT2D eigenvalue weighted by Crippen LogP contribution is 2.23. The maximum Gasteiger partial charge on any atom is 0.172 e. The van der Waals surface area contributed by atoms with Gasteiger partial charge in [-0.1, -0.05) is 0 Å². The number of nitrogens with two attached hydrogens (primary N) is 1. The minimum atomic E-state index is -0.782. The Hall–Kier alpha value is -1.76. The third-order valence-corrected chi connectivity index (χ3v) is 3.37. The van der Waals surface area contributed by atoms with E-state index in [0.717, 1.165) is 6.07 Å². The summed E-state index contributed by atoms with van der Waals surface area (Å²) in [7, 11) is 1.58. The fraction of sp³-hybridized carbons (Fsp3) is 0.167. The summed E-state index contributed by atoms with van der Waals surface area (Å²) in [6, 6.07) is 2.35. The third kappa shape index (κ3) is 2.51. The van der Waals surface area contributed by atoms with Crippen molar-refractivity contribution in [2.75, 3.05) is 5.73 Å². The topological polar surface area (TPSA) is 60.9 Å². The summed E-state index contributed by atoms with van der Waals surface area (Å²) < 4.78 is 28.7. The smallest absolute Gasteiger partial charge is 0.172 e. The van der Waals surface area contributed by atoms with E-state index in [1.54, 1.807) is 7.05 Å². The molecule has 0 aliphatic rings. The molecule has 0 radical (unpaired) electrons. The number of rotatable bonds is 3. The molecule has 4 nitrogen and oxygen atoms in total. The van der Waals surface area contributed by atoms with E-state index in [0.29, 0.717) is 0 Å². The van der Waals surface area contributed by atoms with Gasteiger partial charge in [-0.3, -0.25) is 9.48 Å². The Morgan fingerprint density at radius 3 is 2.74 bits per heavy atom. The molecule has 0 fully saturated rings. The maximum absolute atomic E-state index is 13.8. The number of aromatic nitrogens is 2. The van der Waals surface area contributed by atoms with E-state index in [9.17, 15) is 13.6 Å². The molecule has 0 bridgehead atoms. The molecule has 0 spiro atoms. The zero-order valence-electron chi connectivity index (χ0n) is 9.95. The molecular formula is C12H10BrF2N3O. The van der Waals surface area contributed by atoms with Gasteiger partial charge in [0.1, 0.15) is 17.5 Å². The predicted octanol–water partition coefficient (Wildman–Crippen LogP) is 2.47. The average molecular weight is 330 g/mol. The fourth-order valence-electron chi connectivity index (χ4n) is 1.65. The van der Waals surface area contributed by atoms with Crippen LogP contribution in [0.4, 0.5) is 14.6 Å². The van der Waals surface area contributed by atoms with Crippen molar-refractivity contribution in [1.82, 2.24) is 9.78 Å². The van der Waals surface area contributed by atoms with Crippen LogP contribution in [-0.2, 0) is 13.5 Å². The summed E-state index contributed by atoms with van der Waals surface area (Å²) in [5.74, 6) is -1.87. The minimum absolute atomic E-state index is 0.107. The zero-order chi connectivity index (χ0) is 14.2. The molecule has 7 heteroatoms. The van der Waals surface area contributed by atoms with E-state index < -0.39 is 23.8 Å². The second-order valence-corrected chi connectivity index (χ2v) is 4.84. The predicted molar refractivity (Wildman–Crippen MR) is 69.7 cm³/mol. The monoisotopic (exact) mass is 329 g/mol. The third-order valence-electron chi connectivity index (χ3n) is 2.76. The van der Waals surface area contributed by atoms with Crippen LogP contribution in [-0.4, -0.2) is 15.6 Å². The first-order chi connectivity index (χ1) is 8.91. The molecule has 2 rings (SSSR count). The Balaban J connectivity index is 2.35. The zero-order valence-corrected chi connectivity index (χ0v) is 11.5. The van der Waals surface area contributed by atoms with Gasteiger partial charge in [0.2, 0.25) is 0 Å². The molecular weight excluding hydrogens is 320 g/mol. The number of ketones is 1. The standard InChI is InChI=1S/C12H10BrF2N3O/c1-18-12(16)7(5-17-18)10(19)4-6-9(14)3-2-8(13)11(6)15/h2-3,5H,4,16H2,1H3. The quantitative estimate of drug-likeness (QED) is 0.695. The summed E-state index contributed by atoms with van der Waals surface area (Å²) in [5, 5.41) is 3.82. The minimum Gasteiger partial charge on any atom is -0.383 e. The van der Waals surface area contributed by atoms with Crippen LogP contribution in [0.25, 0.3) is 0 Å². The van der Waals surface area contributed by atoms with Crippen molar-refractivity contribution < 1.29 is 13.6 Å². The number of carbonyl (C=O) groups excluding carboxylic acids is 1. The first-order valence-corrected chi connectivity index (χ1v) is 6.14. The number of hydrogen-bond donors (Lipinski definition) is 1. The Morgan fingerprint density at radius 2 is 2.16 bits per heavy atom. The molecule has 100 valence electrons. The van der Waals surface area contributed by atoms with Gasteiger partial charge in [0, 0.05) is 19.0 Å². The first-order valence-electron chi connectivity index (χ1n) is 5.35. The van der Waals surface area contributed by atoms with Crippen molar-refractivity contribution in [3.63, 3.8) is 0 Å². The largest absolute Gasteiger partial charge is 0.383 e. The number of nitrogen functional groups attached to an aromatic ring is 1. The summed E-state index contributed by atoms with van der Waals surface area (Å²) >= 11 is 2.95. The lowest BCUT2D eigenvalue weighted by atomic mass is 10.0. The van der Waals surface area contributed by atoms with Gasteiger partial charge in [0.25, 0.3) is 0 Å². The molecule has 0 aliphatic carbocycles. The summed E-state index contributed by atoms with van der Waals surface area (Å²) in [4.78, 5) is 12.0. The van der Waals surface area contributed by atoms with Crippen molar-refractivity contribution in [3.05, 3.63) is 45.6 Å². The van der Waals surface area contributed by atoms with Crippen LogP contribution in [0.15, 0.2) is 22.8 Å². The molecule has 2 N–H and O–H groups in total. The van der Waals surface area contributed by atoms with E-state index in [2.05, 4.69) is 21.0 Å². The molecule has 0 atom stereocenters. The highest BCUT2D eigenvalue weighted by Gasteiger charge is 2.19. The van der Waals surface area contributed by atoms with Crippen molar-refractivity contribution >= 4 is 27.5 Å². The average Bonchev–Trinajstić information content (AvgIpc) is 2.70. The fourth-order valence-corrected chi connectivity index (χ4v) is 2.02. The van der Waals surface area contributed by atoms with Gasteiger partial charge in [-0.25, -0.2) is 8.78 Å². The summed E-state index contributed by atoms with van der Waals surface area (Å²) in [6.45, 7) is 0. The number of Topliss-reactive ketones (excluding diaryl/α,β-unsaturated/α-hetero) is 1. The van der Waals surface area contributed by atoms with Gasteiger partial charge in [0.15, 0.2) is 5.78 Å². The van der Waals surface area contributed by atoms with Crippen LogP contribution >= 0.6 is 15.9 Å². The number of benzene rings is 1. The Bertz CT molecular complexity index is 655. The molecule has 0 amide bonds. The van der Waals surface area contributed by atoms with E-state index in [1.807, 2.05) is 0 Å². The van der Waals surface area contributed by atoms with Crippen LogP contribution in [0.1, 0.15) is 15.9 Å². The maximum atomic E-state index is 13.8. The first kappa shape index (κ1) is 13.7. The van der Waals surface area contributed by atoms with E-state index in [1.165, 1.54) is 16.9 Å². The molecule has 2 aromatic rings. The van der Waals surface area contributed by atoms with Crippen molar-refractivity contribution in [2.45, 2.75) is 6.42 Å². The molecule has 1 aromatic heterocycles. The Kier molecular flexibility index (Phi) is 3.66. The van der Waals surface area contributed by atoms with Crippen LogP contribution < -0.4 is 5.73 Å². The number of anilines is 1. The number of halogens is 3. The summed E-state index contributed by atoms with van der Waals surface area (Å²) in [5.41, 5.74) is 5.51. The normalized spacial score (nSPS) is 10.7. The Morgan fingerprint density at radius 1 is 1.47 bits per heavy atom. The van der Waals surface area contributed by atoms with Crippen LogP contribution in [0, 0.1) is 11.6 Å². The SMILES string of the molecule is Cn1ncc(C(=O)Cc2c(F)ccc(Br)c2F)c1N. The second kappa shape index (κ2) is 5.08. The second-order valence-electron chi connectivity index (χ2n) is 3.99. The lowest BCUT2D eigenvalue weighted by Crippen LogP contribution is -2.10. The highest BCUT2D eigenvalue weighted by atomic mass is 79.9. The molecule has 1 heterocycles. The molecule has 1 aromatic carbocycles. The van der Waals surface area contributed by atoms with Gasteiger partial charge in [-0.05, 0) is 28.1 Å². The van der Waals surface area contributed by atoms with Gasteiger partial charge in [0.05, 0.1) is 16.2 Å². The molecule has 19 heavy (non-hydrogen) atoms. The van der Waals surface area contributed by atoms with Gasteiger partial charge >= 0.3 is 0 Å². The number of hydrogen-bond acceptors (Lipinski definition) is 3. The van der Waals surface area contributed by atoms with Crippen LogP contribution in [0.3, 0.4) is 0 Å². The molecule has 0 saturated carbocycles. The van der Waals surface area contributed by atoms with Crippen LogP contribution in [0.5, 0.6) is 0 Å². The van der Waals surface area contributed by atoms with Crippen molar-refractivity contribution in [2.24, 2.45) is 7.05 Å². The lowest BCUT2D eigenvalue weighted by Gasteiger charge is -2.05. The molecule has 0 aliphatic heterocycles. The van der Waals surface area contributed by atoms with Crippen molar-refractivity contribution in [3.8, 4) is 0 Å². The van der Waals surface area contributed by atoms with Crippen LogP contribution in [0.2, 0.25) is 0 Å². The van der Waals surface area contributed by atoms with Gasteiger partial charge in [-0.15, -0.1) is 0 Å². The van der Waals surface area contributed by atoms with Gasteiger partial charge < -0.3 is 5.73 Å². The Labute approximate surface area is 116 Å².